The zero-order valence-electron chi connectivity index (χ0n) is 12.1. The van der Waals surface area contributed by atoms with Crippen molar-refractivity contribution in [2.75, 3.05) is 26.9 Å². The van der Waals surface area contributed by atoms with Crippen molar-refractivity contribution in [1.29, 1.82) is 0 Å². The minimum Gasteiger partial charge on any atom is -0.493 e. The van der Waals surface area contributed by atoms with Gasteiger partial charge in [0.15, 0.2) is 11.5 Å². The van der Waals surface area contributed by atoms with Crippen LogP contribution >= 0.6 is 0 Å². The van der Waals surface area contributed by atoms with Crippen LogP contribution in [-0.4, -0.2) is 33.0 Å². The molecule has 1 atom stereocenters. The van der Waals surface area contributed by atoms with E-state index in [1.807, 2.05) is 12.1 Å². The number of hydrogen-bond acceptors (Lipinski definition) is 3. The SMILES string of the molecule is C=CCOc1ccc(C[NH2+]C[C@@H]2CCCO2)cc1OC. The van der Waals surface area contributed by atoms with Gasteiger partial charge in [0.25, 0.3) is 0 Å². The van der Waals surface area contributed by atoms with Crippen molar-refractivity contribution in [3.63, 3.8) is 0 Å². The molecule has 0 amide bonds. The van der Waals surface area contributed by atoms with Crippen molar-refractivity contribution in [2.24, 2.45) is 0 Å². The second-order valence-corrected chi connectivity index (χ2v) is 4.95. The zero-order chi connectivity index (χ0) is 14.2. The Hall–Kier alpha value is -1.52. The second kappa shape index (κ2) is 7.92. The summed E-state index contributed by atoms with van der Waals surface area (Å²) in [7, 11) is 1.66. The van der Waals surface area contributed by atoms with Gasteiger partial charge in [0.1, 0.15) is 25.8 Å². The number of hydrogen-bond donors (Lipinski definition) is 1. The lowest BCUT2D eigenvalue weighted by Crippen LogP contribution is -2.84. The van der Waals surface area contributed by atoms with E-state index in [1.165, 1.54) is 18.4 Å². The summed E-state index contributed by atoms with van der Waals surface area (Å²) in [4.78, 5) is 0. The van der Waals surface area contributed by atoms with Gasteiger partial charge in [0.05, 0.1) is 7.11 Å². The van der Waals surface area contributed by atoms with Gasteiger partial charge < -0.3 is 19.5 Å². The summed E-state index contributed by atoms with van der Waals surface area (Å²) in [5.41, 5.74) is 1.23. The molecule has 1 aliphatic heterocycles. The first-order valence-electron chi connectivity index (χ1n) is 7.17. The maximum absolute atomic E-state index is 5.61. The molecule has 0 unspecified atom stereocenters. The number of benzene rings is 1. The van der Waals surface area contributed by atoms with E-state index in [0.29, 0.717) is 12.7 Å². The molecule has 0 radical (unpaired) electrons. The van der Waals surface area contributed by atoms with Gasteiger partial charge >= 0.3 is 0 Å². The molecule has 1 aromatic rings. The Labute approximate surface area is 120 Å². The fraction of sp³-hybridized carbons (Fsp3) is 0.500. The van der Waals surface area contributed by atoms with Crippen molar-refractivity contribution in [1.82, 2.24) is 0 Å². The Kier molecular flexibility index (Phi) is 5.89. The lowest BCUT2D eigenvalue weighted by Gasteiger charge is -2.11. The third kappa shape index (κ3) is 4.25. The van der Waals surface area contributed by atoms with E-state index in [4.69, 9.17) is 14.2 Å². The molecule has 1 aromatic carbocycles. The van der Waals surface area contributed by atoms with E-state index in [2.05, 4.69) is 18.0 Å². The van der Waals surface area contributed by atoms with Gasteiger partial charge in [0, 0.05) is 12.2 Å². The average Bonchev–Trinajstić information content (AvgIpc) is 2.99. The highest BCUT2D eigenvalue weighted by atomic mass is 16.5. The third-order valence-electron chi connectivity index (χ3n) is 3.42. The first kappa shape index (κ1) is 14.9. The molecular formula is C16H24NO3+. The van der Waals surface area contributed by atoms with Gasteiger partial charge in [-0.3, -0.25) is 0 Å². The fourth-order valence-electron chi connectivity index (χ4n) is 2.37. The van der Waals surface area contributed by atoms with Crippen LogP contribution in [0.5, 0.6) is 11.5 Å². The lowest BCUT2D eigenvalue weighted by molar-refractivity contribution is -0.676. The molecule has 1 aliphatic rings. The Morgan fingerprint density at radius 2 is 2.35 bits per heavy atom. The molecular weight excluding hydrogens is 254 g/mol. The van der Waals surface area contributed by atoms with E-state index in [1.54, 1.807) is 13.2 Å². The molecule has 2 N–H and O–H groups in total. The van der Waals surface area contributed by atoms with Gasteiger partial charge in [0.2, 0.25) is 0 Å². The van der Waals surface area contributed by atoms with Crippen molar-refractivity contribution in [3.8, 4) is 11.5 Å². The maximum atomic E-state index is 5.61. The van der Waals surface area contributed by atoms with Crippen LogP contribution in [0.2, 0.25) is 0 Å². The Bertz CT molecular complexity index is 428. The number of methoxy groups -OCH3 is 1. The molecule has 0 saturated carbocycles. The van der Waals surface area contributed by atoms with Crippen molar-refractivity contribution in [2.45, 2.75) is 25.5 Å². The van der Waals surface area contributed by atoms with E-state index in [-0.39, 0.29) is 0 Å². The van der Waals surface area contributed by atoms with Gasteiger partial charge in [-0.1, -0.05) is 12.7 Å². The van der Waals surface area contributed by atoms with Gasteiger partial charge in [-0.05, 0) is 31.0 Å². The molecule has 2 rings (SSSR count). The molecule has 0 spiro atoms. The Morgan fingerprint density at radius 1 is 1.45 bits per heavy atom. The molecule has 0 aliphatic carbocycles. The lowest BCUT2D eigenvalue weighted by atomic mass is 10.2. The van der Waals surface area contributed by atoms with Crippen molar-refractivity contribution >= 4 is 0 Å². The molecule has 4 heteroatoms. The quantitative estimate of drug-likeness (QED) is 0.733. The minimum atomic E-state index is 0.423. The molecule has 0 aromatic heterocycles. The highest BCUT2D eigenvalue weighted by Crippen LogP contribution is 2.27. The van der Waals surface area contributed by atoms with Crippen LogP contribution in [0, 0.1) is 0 Å². The largest absolute Gasteiger partial charge is 0.493 e. The normalized spacial score (nSPS) is 17.9. The summed E-state index contributed by atoms with van der Waals surface area (Å²) >= 11 is 0. The summed E-state index contributed by atoms with van der Waals surface area (Å²) < 4.78 is 16.5. The second-order valence-electron chi connectivity index (χ2n) is 4.95. The van der Waals surface area contributed by atoms with Crippen molar-refractivity contribution in [3.05, 3.63) is 36.4 Å². The van der Waals surface area contributed by atoms with Crippen LogP contribution in [0.25, 0.3) is 0 Å². The average molecular weight is 278 g/mol. The molecule has 110 valence electrons. The first-order chi connectivity index (χ1) is 9.83. The summed E-state index contributed by atoms with van der Waals surface area (Å²) in [5, 5.41) is 2.29. The third-order valence-corrected chi connectivity index (χ3v) is 3.42. The molecule has 0 bridgehead atoms. The number of quaternary nitrogens is 1. The zero-order valence-corrected chi connectivity index (χ0v) is 12.1. The van der Waals surface area contributed by atoms with E-state index in [0.717, 1.165) is 31.2 Å². The van der Waals surface area contributed by atoms with Gasteiger partial charge in [-0.15, -0.1) is 0 Å². The molecule has 1 fully saturated rings. The van der Waals surface area contributed by atoms with Crippen LogP contribution in [0.1, 0.15) is 18.4 Å². The van der Waals surface area contributed by atoms with Crippen LogP contribution in [0.4, 0.5) is 0 Å². The topological polar surface area (TPSA) is 44.3 Å². The number of nitrogens with two attached hydrogens (primary N) is 1. The number of rotatable bonds is 8. The fourth-order valence-corrected chi connectivity index (χ4v) is 2.37. The smallest absolute Gasteiger partial charge is 0.161 e. The van der Waals surface area contributed by atoms with Gasteiger partial charge in [-0.2, -0.15) is 0 Å². The van der Waals surface area contributed by atoms with Crippen LogP contribution in [0.15, 0.2) is 30.9 Å². The van der Waals surface area contributed by atoms with Gasteiger partial charge in [-0.25, -0.2) is 0 Å². The molecule has 4 nitrogen and oxygen atoms in total. The summed E-state index contributed by atoms with van der Waals surface area (Å²) in [6.45, 7) is 7.00. The van der Waals surface area contributed by atoms with E-state index < -0.39 is 0 Å². The van der Waals surface area contributed by atoms with Crippen LogP contribution in [-0.2, 0) is 11.3 Å². The van der Waals surface area contributed by atoms with Crippen molar-refractivity contribution < 1.29 is 19.5 Å². The summed E-state index contributed by atoms with van der Waals surface area (Å²) in [6, 6.07) is 6.06. The summed E-state index contributed by atoms with van der Waals surface area (Å²) in [5.74, 6) is 1.53. The first-order valence-corrected chi connectivity index (χ1v) is 7.17. The maximum Gasteiger partial charge on any atom is 0.161 e. The number of ether oxygens (including phenoxy) is 3. The Balaban J connectivity index is 1.86. The van der Waals surface area contributed by atoms with Crippen LogP contribution in [0.3, 0.4) is 0 Å². The summed E-state index contributed by atoms with van der Waals surface area (Å²) in [6.07, 6.45) is 4.53. The minimum absolute atomic E-state index is 0.423. The molecule has 20 heavy (non-hydrogen) atoms. The van der Waals surface area contributed by atoms with Crippen LogP contribution < -0.4 is 14.8 Å². The predicted octanol–water partition coefficient (Wildman–Crippen LogP) is 1.50. The Morgan fingerprint density at radius 3 is 3.05 bits per heavy atom. The highest BCUT2D eigenvalue weighted by Gasteiger charge is 2.16. The standard InChI is InChI=1S/C16H23NO3/c1-3-8-20-15-7-6-13(10-16(15)18-2)11-17-12-14-5-4-9-19-14/h3,6-7,10,14,17H,1,4-5,8-9,11-12H2,2H3/p+1/t14-/m0/s1. The van der Waals surface area contributed by atoms with E-state index >= 15 is 0 Å². The monoisotopic (exact) mass is 278 g/mol. The highest BCUT2D eigenvalue weighted by molar-refractivity contribution is 5.42. The molecule has 1 heterocycles. The predicted molar refractivity (Wildman–Crippen MR) is 78.2 cm³/mol. The van der Waals surface area contributed by atoms with E-state index in [9.17, 15) is 0 Å². The molecule has 1 saturated heterocycles.